The second-order valence-corrected chi connectivity index (χ2v) is 14.8. The van der Waals surface area contributed by atoms with Crippen LogP contribution in [0.15, 0.2) is 136 Å². The SMILES string of the molecule is O=S(=O)([O-])c1ccc(N=Nc2cc(Cc3c(O)cc(O)c(N=Nc4ccc(S(=O)(=O)[O-])cc4)c3N=Nc3ccc(S(=O)(=O)[O-])cc3)c(O)cc2O)cc1.[Na+].[Na+].[Na+]. The van der Waals surface area contributed by atoms with Gasteiger partial charge in [0.15, 0.2) is 5.69 Å². The zero-order valence-electron chi connectivity index (χ0n) is 29.2. The maximum Gasteiger partial charge on any atom is 1.00 e. The first-order valence-electron chi connectivity index (χ1n) is 14.4. The maximum absolute atomic E-state index is 11.3. The van der Waals surface area contributed by atoms with Crippen LogP contribution >= 0.6 is 0 Å². The molecular formula is C31H21N6Na3O13S3. The average Bonchev–Trinajstić information content (AvgIpc) is 3.08. The van der Waals surface area contributed by atoms with E-state index in [0.29, 0.717) is 0 Å². The van der Waals surface area contributed by atoms with Crippen LogP contribution < -0.4 is 88.7 Å². The normalized spacial score (nSPS) is 12.0. The molecular weight excluding hydrogens is 830 g/mol. The molecule has 274 valence electrons. The van der Waals surface area contributed by atoms with Gasteiger partial charge in [0.05, 0.1) is 31.7 Å². The number of benzene rings is 5. The van der Waals surface area contributed by atoms with Crippen LogP contribution in [0, 0.1) is 0 Å². The predicted octanol–water partition coefficient (Wildman–Crippen LogP) is -2.93. The summed E-state index contributed by atoms with van der Waals surface area (Å²) in [6.07, 6.45) is -0.420. The standard InChI is InChI=1S/C31H24N6O13S3.3Na/c38-26-15-28(40)25(35-32-18-1-7-21(8-2-18)51(42,43)44)14-17(26)13-24-27(39)16-29(41)31(37-34-20-5-11-23(12-6-20)53(48,49)50)30(24)36-33-19-3-9-22(10-4-19)52(45,46)47;;;/h1-12,14-16,38-41H,13H2,(H,42,43,44)(H,45,46,47)(H,48,49,50);;;/q;3*+1/p-3. The minimum Gasteiger partial charge on any atom is -0.744 e. The van der Waals surface area contributed by atoms with E-state index < -0.39 is 80.1 Å². The summed E-state index contributed by atoms with van der Waals surface area (Å²) in [4.78, 5) is -1.61. The maximum atomic E-state index is 11.3. The van der Waals surface area contributed by atoms with Crippen LogP contribution in [0.2, 0.25) is 0 Å². The Labute approximate surface area is 385 Å². The van der Waals surface area contributed by atoms with Gasteiger partial charge in [0, 0.05) is 29.7 Å². The molecule has 19 nitrogen and oxygen atoms in total. The summed E-state index contributed by atoms with van der Waals surface area (Å²) in [5.74, 6) is -2.33. The molecule has 4 N–H and O–H groups in total. The Morgan fingerprint density at radius 3 is 1.18 bits per heavy atom. The smallest absolute Gasteiger partial charge is 0.744 e. The molecule has 5 aromatic carbocycles. The molecule has 25 heteroatoms. The summed E-state index contributed by atoms with van der Waals surface area (Å²) >= 11 is 0. The fraction of sp³-hybridized carbons (Fsp3) is 0.0323. The molecule has 0 radical (unpaired) electrons. The van der Waals surface area contributed by atoms with E-state index in [0.717, 1.165) is 72.8 Å². The fourth-order valence-corrected chi connectivity index (χ4v) is 5.85. The van der Waals surface area contributed by atoms with Crippen molar-refractivity contribution in [2.75, 3.05) is 0 Å². The zero-order valence-corrected chi connectivity index (χ0v) is 37.7. The van der Waals surface area contributed by atoms with Gasteiger partial charge in [-0.3, -0.25) is 0 Å². The Morgan fingerprint density at radius 2 is 0.786 bits per heavy atom. The molecule has 5 rings (SSSR count). The summed E-state index contributed by atoms with van der Waals surface area (Å²) in [5, 5.41) is 66.7. The number of hydrogen-bond donors (Lipinski definition) is 4. The van der Waals surface area contributed by atoms with Gasteiger partial charge in [-0.2, -0.15) is 15.3 Å². The van der Waals surface area contributed by atoms with Crippen molar-refractivity contribution in [3.8, 4) is 23.0 Å². The van der Waals surface area contributed by atoms with Crippen molar-refractivity contribution in [2.24, 2.45) is 30.7 Å². The van der Waals surface area contributed by atoms with Gasteiger partial charge in [-0.15, -0.1) is 15.3 Å². The van der Waals surface area contributed by atoms with Crippen LogP contribution in [0.4, 0.5) is 34.1 Å². The summed E-state index contributed by atoms with van der Waals surface area (Å²) in [7, 11) is -14.3. The molecule has 0 aromatic heterocycles. The number of azo groups is 3. The zero-order chi connectivity index (χ0) is 38.7. The summed E-state index contributed by atoms with van der Waals surface area (Å²) < 4.78 is 101. The molecule has 0 saturated heterocycles. The van der Waals surface area contributed by atoms with Gasteiger partial charge < -0.3 is 34.1 Å². The molecule has 0 heterocycles. The van der Waals surface area contributed by atoms with Gasteiger partial charge >= 0.3 is 88.7 Å². The van der Waals surface area contributed by atoms with Crippen molar-refractivity contribution in [3.05, 3.63) is 102 Å². The van der Waals surface area contributed by atoms with E-state index in [1.807, 2.05) is 0 Å². The molecule has 0 spiro atoms. The fourth-order valence-electron chi connectivity index (χ4n) is 4.44. The minimum absolute atomic E-state index is 0. The van der Waals surface area contributed by atoms with Gasteiger partial charge in [-0.05, 0) is 78.9 Å². The van der Waals surface area contributed by atoms with E-state index in [-0.39, 0.29) is 128 Å². The Bertz CT molecular complexity index is 2650. The molecule has 0 unspecified atom stereocenters. The molecule has 5 aromatic rings. The van der Waals surface area contributed by atoms with Gasteiger partial charge in [-0.25, -0.2) is 25.3 Å². The molecule has 0 atom stereocenters. The average molecular weight is 851 g/mol. The number of rotatable bonds is 11. The van der Waals surface area contributed by atoms with Crippen molar-refractivity contribution in [3.63, 3.8) is 0 Å². The first kappa shape index (κ1) is 49.0. The molecule has 0 bridgehead atoms. The second kappa shape index (κ2) is 20.0. The number of hydrogen-bond acceptors (Lipinski definition) is 19. The van der Waals surface area contributed by atoms with E-state index in [4.69, 9.17) is 0 Å². The third-order valence-electron chi connectivity index (χ3n) is 7.06. The van der Waals surface area contributed by atoms with Gasteiger partial charge in [-0.1, -0.05) is 0 Å². The van der Waals surface area contributed by atoms with Crippen molar-refractivity contribution < 1.29 is 148 Å². The van der Waals surface area contributed by atoms with Gasteiger partial charge in [0.2, 0.25) is 0 Å². The molecule has 0 aliphatic carbocycles. The largest absolute Gasteiger partial charge is 1.00 e. The Balaban J connectivity index is 0.00000361. The van der Waals surface area contributed by atoms with Crippen molar-refractivity contribution in [1.29, 1.82) is 0 Å². The van der Waals surface area contributed by atoms with Crippen LogP contribution in [0.1, 0.15) is 11.1 Å². The van der Waals surface area contributed by atoms with Crippen LogP contribution in [0.3, 0.4) is 0 Å². The van der Waals surface area contributed by atoms with Crippen LogP contribution in [-0.4, -0.2) is 59.3 Å². The monoisotopic (exact) mass is 850 g/mol. The van der Waals surface area contributed by atoms with Crippen LogP contribution in [0.25, 0.3) is 0 Å². The third-order valence-corrected chi connectivity index (χ3v) is 9.61. The second-order valence-electron chi connectivity index (χ2n) is 10.7. The Kier molecular flexibility index (Phi) is 17.5. The first-order chi connectivity index (χ1) is 24.8. The minimum atomic E-state index is -4.78. The van der Waals surface area contributed by atoms with Crippen molar-refractivity contribution >= 4 is 64.5 Å². The quantitative estimate of drug-likeness (QED) is 0.0589. The molecule has 0 fully saturated rings. The van der Waals surface area contributed by atoms with Gasteiger partial charge in [0.1, 0.15) is 64.7 Å². The molecule has 0 amide bonds. The van der Waals surface area contributed by atoms with Crippen molar-refractivity contribution in [1.82, 2.24) is 0 Å². The van der Waals surface area contributed by atoms with Gasteiger partial charge in [0.25, 0.3) is 0 Å². The first-order valence-corrected chi connectivity index (χ1v) is 18.6. The molecule has 56 heavy (non-hydrogen) atoms. The van der Waals surface area contributed by atoms with E-state index in [9.17, 15) is 59.3 Å². The van der Waals surface area contributed by atoms with Crippen LogP contribution in [-0.2, 0) is 36.8 Å². The Morgan fingerprint density at radius 1 is 0.429 bits per heavy atom. The van der Waals surface area contributed by atoms with E-state index in [2.05, 4.69) is 30.7 Å². The summed E-state index contributed by atoms with van der Waals surface area (Å²) in [5.41, 5.74) is -1.03. The third kappa shape index (κ3) is 12.7. The number of phenolic OH excluding ortho intramolecular Hbond substituents is 4. The predicted molar refractivity (Wildman–Crippen MR) is 178 cm³/mol. The summed E-state index contributed by atoms with van der Waals surface area (Å²) in [6, 6.07) is 15.8. The topological polar surface area (TPSA) is 327 Å². The van der Waals surface area contributed by atoms with E-state index >= 15 is 0 Å². The van der Waals surface area contributed by atoms with Crippen LogP contribution in [0.5, 0.6) is 23.0 Å². The number of phenols is 4. The molecule has 0 saturated carbocycles. The van der Waals surface area contributed by atoms with E-state index in [1.54, 1.807) is 0 Å². The Hall–Kier alpha value is -3.17. The molecule has 0 aliphatic heterocycles. The number of aromatic hydroxyl groups is 4. The summed E-state index contributed by atoms with van der Waals surface area (Å²) in [6.45, 7) is 0. The number of nitrogens with zero attached hydrogens (tertiary/aromatic N) is 6. The molecule has 0 aliphatic rings. The van der Waals surface area contributed by atoms with E-state index in [1.165, 1.54) is 18.2 Å². The van der Waals surface area contributed by atoms with Crippen molar-refractivity contribution in [2.45, 2.75) is 21.1 Å².